The Labute approximate surface area is 194 Å². The number of benzene rings is 2. The van der Waals surface area contributed by atoms with Crippen molar-refractivity contribution in [1.29, 1.82) is 0 Å². The molecular weight excluding hydrogens is 452 g/mol. The van der Waals surface area contributed by atoms with Gasteiger partial charge in [-0.15, -0.1) is 0 Å². The number of carbonyl (C=O) groups is 2. The molecule has 0 fully saturated rings. The third-order valence-corrected chi connectivity index (χ3v) is 5.35. The molecule has 0 radical (unpaired) electrons. The van der Waals surface area contributed by atoms with Crippen molar-refractivity contribution < 1.29 is 42.2 Å². The zero-order valence-electron chi connectivity index (χ0n) is 19.0. The molecule has 33 heavy (non-hydrogen) atoms. The number of hydrogen-bond donors (Lipinski definition) is 0. The maximum absolute atomic E-state index is 12.7. The predicted octanol–water partition coefficient (Wildman–Crippen LogP) is 3.11. The topological polar surface area (TPSA) is 107 Å². The minimum Gasteiger partial charge on any atom is -0.496 e. The summed E-state index contributed by atoms with van der Waals surface area (Å²) >= 11 is 0. The zero-order valence-corrected chi connectivity index (χ0v) is 19.9. The van der Waals surface area contributed by atoms with Gasteiger partial charge in [-0.05, 0) is 23.8 Å². The minimum atomic E-state index is -1.41. The van der Waals surface area contributed by atoms with Crippen molar-refractivity contribution in [1.82, 2.24) is 0 Å². The van der Waals surface area contributed by atoms with Crippen LogP contribution in [-0.4, -0.2) is 51.2 Å². The SMILES string of the molecule is COc1cc(OC)c(C=CS(=O)Cc2ccc(OC)c(OC(=O)COC(C)=O)c2)c(OC)c1. The first-order valence-electron chi connectivity index (χ1n) is 9.67. The van der Waals surface area contributed by atoms with Crippen LogP contribution in [0.3, 0.4) is 0 Å². The van der Waals surface area contributed by atoms with Crippen molar-refractivity contribution in [3.8, 4) is 28.7 Å². The molecule has 0 N–H and O–H groups in total. The highest BCUT2D eigenvalue weighted by Crippen LogP contribution is 2.35. The highest BCUT2D eigenvalue weighted by molar-refractivity contribution is 7.87. The summed E-state index contributed by atoms with van der Waals surface area (Å²) in [5.41, 5.74) is 1.26. The van der Waals surface area contributed by atoms with E-state index in [0.717, 1.165) is 0 Å². The standard InChI is InChI=1S/C23H26O9S/c1-15(24)31-13-23(25)32-22-10-16(6-7-19(22)28-3)14-33(26)9-8-18-20(29-4)11-17(27-2)12-21(18)30-5/h6-12H,13-14H2,1-5H3. The van der Waals surface area contributed by atoms with Gasteiger partial charge in [-0.2, -0.15) is 0 Å². The molecule has 10 heteroatoms. The average Bonchev–Trinajstić information content (AvgIpc) is 2.81. The van der Waals surface area contributed by atoms with E-state index < -0.39 is 29.3 Å². The molecule has 2 aromatic carbocycles. The van der Waals surface area contributed by atoms with E-state index in [1.165, 1.54) is 40.8 Å². The van der Waals surface area contributed by atoms with Gasteiger partial charge in [0.15, 0.2) is 18.1 Å². The Bertz CT molecular complexity index is 1020. The first-order chi connectivity index (χ1) is 15.8. The number of rotatable bonds is 11. The summed E-state index contributed by atoms with van der Waals surface area (Å²) in [7, 11) is 4.59. The number of hydrogen-bond acceptors (Lipinski definition) is 9. The maximum Gasteiger partial charge on any atom is 0.349 e. The Kier molecular flexibility index (Phi) is 9.74. The molecule has 9 nitrogen and oxygen atoms in total. The summed E-state index contributed by atoms with van der Waals surface area (Å²) in [6.45, 7) is 0.664. The molecule has 0 heterocycles. The molecule has 0 aliphatic rings. The summed E-state index contributed by atoms with van der Waals surface area (Å²) in [4.78, 5) is 22.7. The fourth-order valence-corrected chi connectivity index (χ4v) is 3.65. The second kappa shape index (κ2) is 12.5. The van der Waals surface area contributed by atoms with E-state index in [9.17, 15) is 13.8 Å². The summed E-state index contributed by atoms with van der Waals surface area (Å²) in [6, 6.07) is 8.25. The summed E-state index contributed by atoms with van der Waals surface area (Å²) in [5.74, 6) is 0.805. The van der Waals surface area contributed by atoms with E-state index in [-0.39, 0.29) is 11.5 Å². The van der Waals surface area contributed by atoms with Crippen LogP contribution < -0.4 is 23.7 Å². The second-order valence-corrected chi connectivity index (χ2v) is 7.84. The molecule has 1 atom stereocenters. The smallest absolute Gasteiger partial charge is 0.349 e. The Morgan fingerprint density at radius 2 is 1.52 bits per heavy atom. The fourth-order valence-electron chi connectivity index (χ4n) is 2.76. The molecule has 2 aromatic rings. The molecule has 2 rings (SSSR count). The number of ether oxygens (including phenoxy) is 6. The molecule has 178 valence electrons. The van der Waals surface area contributed by atoms with Gasteiger partial charge in [-0.1, -0.05) is 6.07 Å². The molecule has 0 aliphatic carbocycles. The molecule has 0 aliphatic heterocycles. The van der Waals surface area contributed by atoms with Crippen molar-refractivity contribution in [2.75, 3.05) is 35.0 Å². The van der Waals surface area contributed by atoms with Crippen molar-refractivity contribution in [2.45, 2.75) is 12.7 Å². The van der Waals surface area contributed by atoms with Crippen LogP contribution in [0.15, 0.2) is 35.7 Å². The summed E-state index contributed by atoms with van der Waals surface area (Å²) < 4.78 is 43.7. The predicted molar refractivity (Wildman–Crippen MR) is 122 cm³/mol. The van der Waals surface area contributed by atoms with Crippen molar-refractivity contribution >= 4 is 28.8 Å². The normalized spacial score (nSPS) is 11.5. The zero-order chi connectivity index (χ0) is 24.4. The summed E-state index contributed by atoms with van der Waals surface area (Å²) in [5, 5.41) is 1.52. The minimum absolute atomic E-state index is 0.131. The van der Waals surface area contributed by atoms with Gasteiger partial charge in [0.2, 0.25) is 0 Å². The van der Waals surface area contributed by atoms with Gasteiger partial charge in [0.25, 0.3) is 0 Å². The van der Waals surface area contributed by atoms with Crippen molar-refractivity contribution in [3.05, 3.63) is 46.9 Å². The Morgan fingerprint density at radius 1 is 0.879 bits per heavy atom. The molecule has 0 aromatic heterocycles. The fraction of sp³-hybridized carbons (Fsp3) is 0.304. The third kappa shape index (κ3) is 7.53. The van der Waals surface area contributed by atoms with Gasteiger partial charge in [0, 0.05) is 24.5 Å². The van der Waals surface area contributed by atoms with E-state index in [1.54, 1.807) is 36.4 Å². The summed E-state index contributed by atoms with van der Waals surface area (Å²) in [6.07, 6.45) is 1.65. The Morgan fingerprint density at radius 3 is 2.06 bits per heavy atom. The van der Waals surface area contributed by atoms with Crippen molar-refractivity contribution in [3.63, 3.8) is 0 Å². The molecule has 0 saturated carbocycles. The van der Waals surface area contributed by atoms with Crippen LogP contribution in [0.25, 0.3) is 6.08 Å². The lowest BCUT2D eigenvalue weighted by atomic mass is 10.1. The molecular formula is C23H26O9S. The lowest BCUT2D eigenvalue weighted by Crippen LogP contribution is -2.17. The van der Waals surface area contributed by atoms with Crippen LogP contribution in [0.4, 0.5) is 0 Å². The Balaban J connectivity index is 2.18. The van der Waals surface area contributed by atoms with Gasteiger partial charge in [-0.25, -0.2) is 4.79 Å². The first-order valence-corrected chi connectivity index (χ1v) is 11.1. The van der Waals surface area contributed by atoms with Crippen LogP contribution in [0.5, 0.6) is 28.7 Å². The molecule has 0 saturated heterocycles. The monoisotopic (exact) mass is 478 g/mol. The van der Waals surface area contributed by atoms with Gasteiger partial charge in [0.05, 0.1) is 50.6 Å². The molecule has 0 amide bonds. The maximum atomic E-state index is 12.7. The van der Waals surface area contributed by atoms with Crippen LogP contribution in [-0.2, 0) is 30.9 Å². The highest BCUT2D eigenvalue weighted by atomic mass is 32.2. The van der Waals surface area contributed by atoms with E-state index >= 15 is 0 Å². The van der Waals surface area contributed by atoms with Gasteiger partial charge in [0.1, 0.15) is 17.2 Å². The number of carbonyl (C=O) groups excluding carboxylic acids is 2. The van der Waals surface area contributed by atoms with Crippen LogP contribution in [0.2, 0.25) is 0 Å². The van der Waals surface area contributed by atoms with E-state index in [1.807, 2.05) is 0 Å². The lowest BCUT2D eigenvalue weighted by molar-refractivity contribution is -0.152. The highest BCUT2D eigenvalue weighted by Gasteiger charge is 2.14. The van der Waals surface area contributed by atoms with Crippen LogP contribution in [0, 0.1) is 0 Å². The largest absolute Gasteiger partial charge is 0.496 e. The molecule has 0 bridgehead atoms. The molecule has 0 spiro atoms. The Hall–Kier alpha value is -3.53. The molecule has 1 unspecified atom stereocenters. The van der Waals surface area contributed by atoms with E-state index in [0.29, 0.717) is 34.1 Å². The van der Waals surface area contributed by atoms with Gasteiger partial charge in [-0.3, -0.25) is 9.00 Å². The number of esters is 2. The van der Waals surface area contributed by atoms with Crippen LogP contribution >= 0.6 is 0 Å². The first kappa shape index (κ1) is 25.7. The number of methoxy groups -OCH3 is 4. The quantitative estimate of drug-likeness (QED) is 0.356. The van der Waals surface area contributed by atoms with Crippen LogP contribution in [0.1, 0.15) is 18.1 Å². The van der Waals surface area contributed by atoms with E-state index in [4.69, 9.17) is 23.7 Å². The van der Waals surface area contributed by atoms with Gasteiger partial charge >= 0.3 is 11.9 Å². The van der Waals surface area contributed by atoms with E-state index in [2.05, 4.69) is 4.74 Å². The third-order valence-electron chi connectivity index (χ3n) is 4.29. The average molecular weight is 479 g/mol. The lowest BCUT2D eigenvalue weighted by Gasteiger charge is -2.12. The van der Waals surface area contributed by atoms with Crippen molar-refractivity contribution in [2.24, 2.45) is 0 Å². The van der Waals surface area contributed by atoms with Gasteiger partial charge < -0.3 is 28.4 Å². The second-order valence-electron chi connectivity index (χ2n) is 6.51.